The van der Waals surface area contributed by atoms with Gasteiger partial charge in [0.2, 0.25) is 0 Å². The molecule has 9 rings (SSSR count). The number of aromatic nitrogens is 2. The molecule has 0 fully saturated rings. The minimum atomic E-state index is 0.709. The van der Waals surface area contributed by atoms with Crippen LogP contribution in [0.2, 0.25) is 0 Å². The fourth-order valence-corrected chi connectivity index (χ4v) is 6.96. The van der Waals surface area contributed by atoms with Crippen molar-refractivity contribution in [3.05, 3.63) is 182 Å². The number of fused-ring (bicyclic) bond motifs is 6. The summed E-state index contributed by atoms with van der Waals surface area (Å²) in [5.74, 6) is 0.709. The molecule has 0 N–H and O–H groups in total. The fourth-order valence-electron chi connectivity index (χ4n) is 6.96. The molecule has 0 saturated heterocycles. The Morgan fingerprint density at radius 1 is 0.250 bits per heavy atom. The van der Waals surface area contributed by atoms with Crippen molar-refractivity contribution in [2.75, 3.05) is 0 Å². The lowest BCUT2D eigenvalue weighted by Crippen LogP contribution is -1.97. The minimum Gasteiger partial charge on any atom is -0.228 e. The van der Waals surface area contributed by atoms with Crippen LogP contribution in [0.15, 0.2) is 182 Å². The van der Waals surface area contributed by atoms with Gasteiger partial charge in [-0.1, -0.05) is 164 Å². The highest BCUT2D eigenvalue weighted by Crippen LogP contribution is 2.39. The van der Waals surface area contributed by atoms with Crippen LogP contribution in [0.1, 0.15) is 0 Å². The third-order valence-electron chi connectivity index (χ3n) is 9.28. The van der Waals surface area contributed by atoms with Crippen LogP contribution in [0.5, 0.6) is 0 Å². The number of benzene rings is 8. The van der Waals surface area contributed by atoms with Crippen molar-refractivity contribution < 1.29 is 0 Å². The Morgan fingerprint density at radius 2 is 0.688 bits per heavy atom. The van der Waals surface area contributed by atoms with E-state index >= 15 is 0 Å². The van der Waals surface area contributed by atoms with Gasteiger partial charge in [-0.05, 0) is 72.8 Å². The first kappa shape index (κ1) is 27.9. The van der Waals surface area contributed by atoms with Crippen molar-refractivity contribution in [3.63, 3.8) is 0 Å². The van der Waals surface area contributed by atoms with Gasteiger partial charge in [0, 0.05) is 16.7 Å². The van der Waals surface area contributed by atoms with Gasteiger partial charge < -0.3 is 0 Å². The maximum absolute atomic E-state index is 5.14. The normalized spacial score (nSPS) is 11.3. The minimum absolute atomic E-state index is 0.709. The SMILES string of the molecule is c1ccc(-c2cc(-c3ccccc3)nc(-c3ccccc3-c3cccc(-c4ccc5c6ccccc6c6ccccc6c5c4)c3)n2)cc1. The summed E-state index contributed by atoms with van der Waals surface area (Å²) in [7, 11) is 0. The van der Waals surface area contributed by atoms with E-state index in [4.69, 9.17) is 9.97 Å². The highest BCUT2D eigenvalue weighted by Gasteiger charge is 2.15. The Bertz CT molecular complexity index is 2510. The smallest absolute Gasteiger partial charge is 0.161 e. The highest BCUT2D eigenvalue weighted by atomic mass is 14.9. The molecular formula is C46H30N2. The molecule has 0 aliphatic heterocycles. The summed E-state index contributed by atoms with van der Waals surface area (Å²) in [6.45, 7) is 0. The van der Waals surface area contributed by atoms with E-state index in [1.54, 1.807) is 0 Å². The average molecular weight is 611 g/mol. The third-order valence-corrected chi connectivity index (χ3v) is 9.28. The van der Waals surface area contributed by atoms with Crippen LogP contribution in [0.4, 0.5) is 0 Å². The van der Waals surface area contributed by atoms with E-state index in [0.717, 1.165) is 39.2 Å². The van der Waals surface area contributed by atoms with Gasteiger partial charge in [-0.15, -0.1) is 0 Å². The van der Waals surface area contributed by atoms with Crippen LogP contribution in [0.25, 0.3) is 88.5 Å². The van der Waals surface area contributed by atoms with Gasteiger partial charge in [0.25, 0.3) is 0 Å². The molecule has 0 aliphatic rings. The monoisotopic (exact) mass is 610 g/mol. The van der Waals surface area contributed by atoms with Gasteiger partial charge in [0.15, 0.2) is 5.82 Å². The molecule has 0 unspecified atom stereocenters. The van der Waals surface area contributed by atoms with Crippen molar-refractivity contribution in [3.8, 4) is 56.2 Å². The van der Waals surface area contributed by atoms with Crippen molar-refractivity contribution >= 4 is 32.3 Å². The largest absolute Gasteiger partial charge is 0.228 e. The molecule has 1 aromatic heterocycles. The van der Waals surface area contributed by atoms with Crippen LogP contribution >= 0.6 is 0 Å². The molecule has 2 heteroatoms. The lowest BCUT2D eigenvalue weighted by molar-refractivity contribution is 1.18. The standard InChI is InChI=1S/C46H30N2/c1-3-14-31(15-4-1)44-30-45(32-16-5-2-6-17-32)48-46(47-44)42-25-12-7-20-36(42)35-19-13-18-33(28-35)34-26-27-41-39-23-9-8-21-37(39)38-22-10-11-24-40(38)43(41)29-34/h1-30H. The quantitative estimate of drug-likeness (QED) is 0.181. The first-order valence-electron chi connectivity index (χ1n) is 16.3. The molecule has 8 aromatic carbocycles. The predicted molar refractivity (Wildman–Crippen MR) is 202 cm³/mol. The third kappa shape index (κ3) is 4.92. The van der Waals surface area contributed by atoms with E-state index in [1.165, 1.54) is 43.4 Å². The Morgan fingerprint density at radius 3 is 1.29 bits per heavy atom. The van der Waals surface area contributed by atoms with Crippen LogP contribution in [-0.2, 0) is 0 Å². The van der Waals surface area contributed by atoms with Gasteiger partial charge in [-0.25, -0.2) is 9.97 Å². The molecular weight excluding hydrogens is 581 g/mol. The predicted octanol–water partition coefficient (Wildman–Crippen LogP) is 12.3. The van der Waals surface area contributed by atoms with E-state index in [0.29, 0.717) is 5.82 Å². The molecule has 0 atom stereocenters. The molecule has 2 nitrogen and oxygen atoms in total. The molecule has 48 heavy (non-hydrogen) atoms. The average Bonchev–Trinajstić information content (AvgIpc) is 3.18. The van der Waals surface area contributed by atoms with Gasteiger partial charge in [0.05, 0.1) is 11.4 Å². The zero-order valence-electron chi connectivity index (χ0n) is 26.2. The summed E-state index contributed by atoms with van der Waals surface area (Å²) in [5.41, 5.74) is 9.52. The van der Waals surface area contributed by atoms with E-state index in [9.17, 15) is 0 Å². The molecule has 0 saturated carbocycles. The van der Waals surface area contributed by atoms with Gasteiger partial charge in [-0.3, -0.25) is 0 Å². The summed E-state index contributed by atoms with van der Waals surface area (Å²) in [6, 6.07) is 64.5. The van der Waals surface area contributed by atoms with Crippen molar-refractivity contribution in [2.45, 2.75) is 0 Å². The number of rotatable bonds is 5. The molecule has 9 aromatic rings. The zero-order chi connectivity index (χ0) is 31.9. The molecule has 0 aliphatic carbocycles. The Hall–Kier alpha value is -6.38. The highest BCUT2D eigenvalue weighted by molar-refractivity contribution is 6.25. The molecule has 0 bridgehead atoms. The van der Waals surface area contributed by atoms with E-state index < -0.39 is 0 Å². The van der Waals surface area contributed by atoms with Crippen molar-refractivity contribution in [1.29, 1.82) is 0 Å². The fraction of sp³-hybridized carbons (Fsp3) is 0. The van der Waals surface area contributed by atoms with Crippen LogP contribution < -0.4 is 0 Å². The first-order chi connectivity index (χ1) is 23.8. The molecule has 0 amide bonds. The van der Waals surface area contributed by atoms with Gasteiger partial charge >= 0.3 is 0 Å². The number of hydrogen-bond donors (Lipinski definition) is 0. The molecule has 0 radical (unpaired) electrons. The summed E-state index contributed by atoms with van der Waals surface area (Å²) in [5, 5.41) is 7.69. The first-order valence-corrected chi connectivity index (χ1v) is 16.3. The second-order valence-corrected chi connectivity index (χ2v) is 12.2. The second kappa shape index (κ2) is 11.8. The summed E-state index contributed by atoms with van der Waals surface area (Å²) < 4.78 is 0. The maximum atomic E-state index is 5.14. The van der Waals surface area contributed by atoms with E-state index in [2.05, 4.69) is 170 Å². The van der Waals surface area contributed by atoms with E-state index in [1.807, 2.05) is 12.1 Å². The Kier molecular flexibility index (Phi) is 6.84. The molecule has 224 valence electrons. The molecule has 0 spiro atoms. The lowest BCUT2D eigenvalue weighted by Gasteiger charge is -2.14. The second-order valence-electron chi connectivity index (χ2n) is 12.2. The van der Waals surface area contributed by atoms with Gasteiger partial charge in [-0.2, -0.15) is 0 Å². The van der Waals surface area contributed by atoms with Gasteiger partial charge in [0.1, 0.15) is 0 Å². The van der Waals surface area contributed by atoms with Crippen molar-refractivity contribution in [1.82, 2.24) is 9.97 Å². The van der Waals surface area contributed by atoms with Crippen LogP contribution in [0, 0.1) is 0 Å². The zero-order valence-corrected chi connectivity index (χ0v) is 26.2. The Balaban J connectivity index is 1.19. The van der Waals surface area contributed by atoms with Crippen LogP contribution in [0.3, 0.4) is 0 Å². The van der Waals surface area contributed by atoms with Crippen molar-refractivity contribution in [2.24, 2.45) is 0 Å². The number of nitrogens with zero attached hydrogens (tertiary/aromatic N) is 2. The lowest BCUT2D eigenvalue weighted by atomic mass is 9.91. The summed E-state index contributed by atoms with van der Waals surface area (Å²) in [6.07, 6.45) is 0. The van der Waals surface area contributed by atoms with E-state index in [-0.39, 0.29) is 0 Å². The number of hydrogen-bond acceptors (Lipinski definition) is 2. The summed E-state index contributed by atoms with van der Waals surface area (Å²) in [4.78, 5) is 10.3. The van der Waals surface area contributed by atoms with Crippen LogP contribution in [-0.4, -0.2) is 9.97 Å². The summed E-state index contributed by atoms with van der Waals surface area (Å²) >= 11 is 0. The Labute approximate surface area is 279 Å². The molecule has 1 heterocycles. The maximum Gasteiger partial charge on any atom is 0.161 e. The topological polar surface area (TPSA) is 25.8 Å².